The minimum atomic E-state index is -3.56. The first-order valence-electron chi connectivity index (χ1n) is 6.91. The SMILES string of the molecule is CNS(=O)(=O)c1cc(NC(=O)/C=C/c2sccc2C)ccc1C. The summed E-state index contributed by atoms with van der Waals surface area (Å²) in [5.74, 6) is -0.311. The number of thiophene rings is 1. The van der Waals surface area contributed by atoms with Crippen LogP contribution < -0.4 is 10.0 Å². The third-order valence-electron chi connectivity index (χ3n) is 3.30. The van der Waals surface area contributed by atoms with Gasteiger partial charge in [-0.3, -0.25) is 4.79 Å². The average Bonchev–Trinajstić information content (AvgIpc) is 2.92. The van der Waals surface area contributed by atoms with Crippen LogP contribution in [0.5, 0.6) is 0 Å². The number of nitrogens with one attached hydrogen (secondary N) is 2. The molecule has 1 amide bonds. The Morgan fingerprint density at radius 2 is 1.91 bits per heavy atom. The Hall–Kier alpha value is -1.96. The van der Waals surface area contributed by atoms with Crippen LogP contribution >= 0.6 is 11.3 Å². The van der Waals surface area contributed by atoms with E-state index in [1.54, 1.807) is 36.5 Å². The fourth-order valence-corrected chi connectivity index (χ4v) is 3.78. The molecule has 7 heteroatoms. The fraction of sp³-hybridized carbons (Fsp3) is 0.188. The van der Waals surface area contributed by atoms with Crippen LogP contribution in [0.1, 0.15) is 16.0 Å². The van der Waals surface area contributed by atoms with Crippen molar-refractivity contribution < 1.29 is 13.2 Å². The summed E-state index contributed by atoms with van der Waals surface area (Å²) >= 11 is 1.55. The number of hydrogen-bond acceptors (Lipinski definition) is 4. The minimum Gasteiger partial charge on any atom is -0.322 e. The second-order valence-electron chi connectivity index (χ2n) is 4.98. The van der Waals surface area contributed by atoms with E-state index in [-0.39, 0.29) is 10.8 Å². The maximum absolute atomic E-state index is 12.0. The van der Waals surface area contributed by atoms with Crippen molar-refractivity contribution in [1.82, 2.24) is 4.72 Å². The van der Waals surface area contributed by atoms with Gasteiger partial charge in [0.05, 0.1) is 4.90 Å². The first-order chi connectivity index (χ1) is 10.8. The van der Waals surface area contributed by atoms with Gasteiger partial charge >= 0.3 is 0 Å². The van der Waals surface area contributed by atoms with Crippen molar-refractivity contribution in [2.24, 2.45) is 0 Å². The van der Waals surface area contributed by atoms with E-state index in [1.165, 1.54) is 19.2 Å². The van der Waals surface area contributed by atoms with Crippen LogP contribution in [0.4, 0.5) is 5.69 Å². The molecule has 0 aliphatic rings. The van der Waals surface area contributed by atoms with Crippen LogP contribution in [0, 0.1) is 13.8 Å². The van der Waals surface area contributed by atoms with Gasteiger partial charge in [0.2, 0.25) is 15.9 Å². The van der Waals surface area contributed by atoms with Crippen molar-refractivity contribution in [1.29, 1.82) is 0 Å². The molecule has 2 aromatic rings. The molecule has 0 saturated carbocycles. The largest absolute Gasteiger partial charge is 0.322 e. The summed E-state index contributed by atoms with van der Waals surface area (Å²) in [7, 11) is -2.20. The van der Waals surface area contributed by atoms with Crippen LogP contribution in [0.15, 0.2) is 40.6 Å². The number of carbonyl (C=O) groups is 1. The van der Waals surface area contributed by atoms with E-state index in [1.807, 2.05) is 18.4 Å². The highest BCUT2D eigenvalue weighted by Crippen LogP contribution is 2.20. The molecule has 1 aromatic carbocycles. The fourth-order valence-electron chi connectivity index (χ4n) is 1.97. The topological polar surface area (TPSA) is 75.3 Å². The van der Waals surface area contributed by atoms with E-state index in [2.05, 4.69) is 10.0 Å². The van der Waals surface area contributed by atoms with Gasteiger partial charge in [0.15, 0.2) is 0 Å². The molecule has 23 heavy (non-hydrogen) atoms. The Labute approximate surface area is 140 Å². The van der Waals surface area contributed by atoms with E-state index in [4.69, 9.17) is 0 Å². The van der Waals surface area contributed by atoms with Gasteiger partial charge in [-0.05, 0) is 61.7 Å². The first kappa shape index (κ1) is 17.4. The molecule has 0 bridgehead atoms. The molecule has 1 heterocycles. The monoisotopic (exact) mass is 350 g/mol. The van der Waals surface area contributed by atoms with Gasteiger partial charge < -0.3 is 5.32 Å². The molecule has 0 saturated heterocycles. The molecule has 0 spiro atoms. The number of amides is 1. The van der Waals surface area contributed by atoms with Crippen molar-refractivity contribution in [3.8, 4) is 0 Å². The lowest BCUT2D eigenvalue weighted by Crippen LogP contribution is -2.20. The quantitative estimate of drug-likeness (QED) is 0.814. The van der Waals surface area contributed by atoms with E-state index in [0.717, 1.165) is 10.4 Å². The molecular weight excluding hydrogens is 332 g/mol. The lowest BCUT2D eigenvalue weighted by Gasteiger charge is -2.09. The molecule has 0 aliphatic heterocycles. The van der Waals surface area contributed by atoms with E-state index >= 15 is 0 Å². The number of aryl methyl sites for hydroxylation is 2. The van der Waals surface area contributed by atoms with Gasteiger partial charge in [-0.25, -0.2) is 13.1 Å². The molecule has 0 radical (unpaired) electrons. The molecule has 1 aromatic heterocycles. The van der Waals surface area contributed by atoms with E-state index < -0.39 is 10.0 Å². The molecule has 122 valence electrons. The Morgan fingerprint density at radius 3 is 2.52 bits per heavy atom. The molecule has 0 atom stereocenters. The molecule has 2 N–H and O–H groups in total. The molecule has 2 rings (SSSR count). The zero-order valence-corrected chi connectivity index (χ0v) is 14.7. The summed E-state index contributed by atoms with van der Waals surface area (Å²) in [6, 6.07) is 6.76. The Balaban J connectivity index is 2.17. The lowest BCUT2D eigenvalue weighted by atomic mass is 10.2. The normalized spacial score (nSPS) is 11.8. The van der Waals surface area contributed by atoms with Crippen LogP contribution in [0.3, 0.4) is 0 Å². The molecule has 0 unspecified atom stereocenters. The Morgan fingerprint density at radius 1 is 1.17 bits per heavy atom. The number of hydrogen-bond donors (Lipinski definition) is 2. The zero-order chi connectivity index (χ0) is 17.0. The summed E-state index contributed by atoms with van der Waals surface area (Å²) in [5, 5.41) is 4.63. The second kappa shape index (κ2) is 7.08. The smallest absolute Gasteiger partial charge is 0.248 e. The highest BCUT2D eigenvalue weighted by atomic mass is 32.2. The van der Waals surface area contributed by atoms with Crippen molar-refractivity contribution in [2.45, 2.75) is 18.7 Å². The van der Waals surface area contributed by atoms with Crippen molar-refractivity contribution in [2.75, 3.05) is 12.4 Å². The summed E-state index contributed by atoms with van der Waals surface area (Å²) in [6.07, 6.45) is 3.18. The van der Waals surface area contributed by atoms with Crippen molar-refractivity contribution in [3.63, 3.8) is 0 Å². The van der Waals surface area contributed by atoms with Crippen LogP contribution in [-0.2, 0) is 14.8 Å². The molecule has 0 aliphatic carbocycles. The van der Waals surface area contributed by atoms with Gasteiger partial charge in [-0.1, -0.05) is 6.07 Å². The summed E-state index contributed by atoms with van der Waals surface area (Å²) in [6.45, 7) is 3.68. The third kappa shape index (κ3) is 4.28. The second-order valence-corrected chi connectivity index (χ2v) is 7.78. The predicted octanol–water partition coefficient (Wildman–Crippen LogP) is 2.92. The highest BCUT2D eigenvalue weighted by Gasteiger charge is 2.15. The number of carbonyl (C=O) groups excluding carboxylic acids is 1. The standard InChI is InChI=1S/C16H18N2O3S2/c1-11-8-9-22-14(11)6-7-16(19)18-13-5-4-12(2)15(10-13)23(20,21)17-3/h4-10,17H,1-3H3,(H,18,19)/b7-6+. The minimum absolute atomic E-state index is 0.149. The highest BCUT2D eigenvalue weighted by molar-refractivity contribution is 7.89. The maximum Gasteiger partial charge on any atom is 0.248 e. The first-order valence-corrected chi connectivity index (χ1v) is 9.27. The number of anilines is 1. The Bertz CT molecular complexity index is 852. The third-order valence-corrected chi connectivity index (χ3v) is 5.84. The maximum atomic E-state index is 12.0. The summed E-state index contributed by atoms with van der Waals surface area (Å²) in [4.78, 5) is 13.1. The number of rotatable bonds is 5. The molecular formula is C16H18N2O3S2. The molecule has 5 nitrogen and oxygen atoms in total. The number of benzene rings is 1. The predicted molar refractivity (Wildman–Crippen MR) is 94.1 cm³/mol. The van der Waals surface area contributed by atoms with Crippen molar-refractivity contribution >= 4 is 39.0 Å². The summed E-state index contributed by atoms with van der Waals surface area (Å²) < 4.78 is 26.2. The van der Waals surface area contributed by atoms with Gasteiger partial charge in [0, 0.05) is 16.6 Å². The van der Waals surface area contributed by atoms with Gasteiger partial charge in [-0.2, -0.15) is 0 Å². The summed E-state index contributed by atoms with van der Waals surface area (Å²) in [5.41, 5.74) is 2.15. The van der Waals surface area contributed by atoms with E-state index in [0.29, 0.717) is 11.3 Å². The molecule has 0 fully saturated rings. The number of sulfonamides is 1. The lowest BCUT2D eigenvalue weighted by molar-refractivity contribution is -0.111. The van der Waals surface area contributed by atoms with Crippen molar-refractivity contribution in [3.05, 3.63) is 51.7 Å². The van der Waals surface area contributed by atoms with Crippen LogP contribution in [-0.4, -0.2) is 21.4 Å². The van der Waals surface area contributed by atoms with E-state index in [9.17, 15) is 13.2 Å². The van der Waals surface area contributed by atoms with Crippen LogP contribution in [0.2, 0.25) is 0 Å². The van der Waals surface area contributed by atoms with Gasteiger partial charge in [-0.15, -0.1) is 11.3 Å². The zero-order valence-electron chi connectivity index (χ0n) is 13.1. The van der Waals surface area contributed by atoms with Gasteiger partial charge in [0.1, 0.15) is 0 Å². The van der Waals surface area contributed by atoms with Crippen LogP contribution in [0.25, 0.3) is 6.08 Å². The average molecular weight is 350 g/mol. The van der Waals surface area contributed by atoms with Gasteiger partial charge in [0.25, 0.3) is 0 Å². The Kier molecular flexibility index (Phi) is 5.35.